The van der Waals surface area contributed by atoms with Crippen molar-refractivity contribution in [3.05, 3.63) is 29.8 Å². The fraction of sp³-hybridized carbons (Fsp3) is 0.600. The fourth-order valence-corrected chi connectivity index (χ4v) is 3.90. The van der Waals surface area contributed by atoms with E-state index in [9.17, 15) is 9.59 Å². The molecule has 2 saturated heterocycles. The minimum absolute atomic E-state index is 0.141. The average molecular weight is 343 g/mol. The SMILES string of the molecule is CNc1ccc(CCCC(=O)N2CCCC2C(=O)N2CCCC2)cc1. The van der Waals surface area contributed by atoms with Gasteiger partial charge in [0.25, 0.3) is 0 Å². The predicted octanol–water partition coefficient (Wildman–Crippen LogP) is 2.66. The molecule has 136 valence electrons. The van der Waals surface area contributed by atoms with E-state index in [1.807, 2.05) is 16.8 Å². The molecular formula is C20H29N3O2. The van der Waals surface area contributed by atoms with Crippen LogP contribution in [0.15, 0.2) is 24.3 Å². The summed E-state index contributed by atoms with van der Waals surface area (Å²) in [5, 5.41) is 3.11. The molecule has 0 spiro atoms. The topological polar surface area (TPSA) is 52.7 Å². The van der Waals surface area contributed by atoms with Gasteiger partial charge in [0, 0.05) is 38.8 Å². The van der Waals surface area contributed by atoms with Crippen LogP contribution in [0.2, 0.25) is 0 Å². The van der Waals surface area contributed by atoms with E-state index in [1.54, 1.807) is 0 Å². The van der Waals surface area contributed by atoms with E-state index in [2.05, 4.69) is 29.6 Å². The Morgan fingerprint density at radius 1 is 1.08 bits per heavy atom. The van der Waals surface area contributed by atoms with Gasteiger partial charge in [-0.15, -0.1) is 0 Å². The Morgan fingerprint density at radius 3 is 2.48 bits per heavy atom. The summed E-state index contributed by atoms with van der Waals surface area (Å²) in [6.45, 7) is 2.46. The lowest BCUT2D eigenvalue weighted by molar-refractivity contribution is -0.143. The van der Waals surface area contributed by atoms with Crippen molar-refractivity contribution in [2.75, 3.05) is 32.0 Å². The summed E-state index contributed by atoms with van der Waals surface area (Å²) in [6, 6.07) is 8.11. The summed E-state index contributed by atoms with van der Waals surface area (Å²) in [5.41, 5.74) is 2.35. The van der Waals surface area contributed by atoms with Gasteiger partial charge in [-0.05, 0) is 56.2 Å². The Labute approximate surface area is 150 Å². The van der Waals surface area contributed by atoms with Crippen molar-refractivity contribution in [1.29, 1.82) is 0 Å². The van der Waals surface area contributed by atoms with Gasteiger partial charge in [-0.3, -0.25) is 9.59 Å². The van der Waals surface area contributed by atoms with Crippen LogP contribution in [0.5, 0.6) is 0 Å². The van der Waals surface area contributed by atoms with Crippen LogP contribution in [-0.4, -0.2) is 54.3 Å². The van der Waals surface area contributed by atoms with Crippen molar-refractivity contribution in [3.8, 4) is 0 Å². The lowest BCUT2D eigenvalue weighted by atomic mass is 10.1. The number of benzene rings is 1. The van der Waals surface area contributed by atoms with Gasteiger partial charge in [0.05, 0.1) is 0 Å². The van der Waals surface area contributed by atoms with Crippen molar-refractivity contribution < 1.29 is 9.59 Å². The highest BCUT2D eigenvalue weighted by Gasteiger charge is 2.36. The number of nitrogens with zero attached hydrogens (tertiary/aromatic N) is 2. The molecule has 1 unspecified atom stereocenters. The zero-order valence-corrected chi connectivity index (χ0v) is 15.2. The molecule has 0 saturated carbocycles. The number of carbonyl (C=O) groups excluding carboxylic acids is 2. The number of hydrogen-bond acceptors (Lipinski definition) is 3. The molecule has 1 aromatic carbocycles. The molecule has 3 rings (SSSR count). The quantitative estimate of drug-likeness (QED) is 0.864. The third-order valence-corrected chi connectivity index (χ3v) is 5.37. The highest BCUT2D eigenvalue weighted by atomic mass is 16.2. The maximum absolute atomic E-state index is 12.6. The molecule has 1 N–H and O–H groups in total. The molecule has 0 radical (unpaired) electrons. The first-order chi connectivity index (χ1) is 12.2. The number of aryl methyl sites for hydroxylation is 1. The number of anilines is 1. The standard InChI is InChI=1S/C20H29N3O2/c1-21-17-11-9-16(10-12-17)6-4-8-19(24)23-15-5-7-18(23)20(25)22-13-2-3-14-22/h9-12,18,21H,2-8,13-15H2,1H3. The molecule has 2 fully saturated rings. The second-order valence-corrected chi connectivity index (χ2v) is 7.08. The summed E-state index contributed by atoms with van der Waals surface area (Å²) in [6.07, 6.45) is 6.22. The highest BCUT2D eigenvalue weighted by molar-refractivity contribution is 5.88. The van der Waals surface area contributed by atoms with E-state index in [1.165, 1.54) is 5.56 Å². The van der Waals surface area contributed by atoms with Crippen LogP contribution in [-0.2, 0) is 16.0 Å². The first kappa shape index (κ1) is 17.8. The molecule has 25 heavy (non-hydrogen) atoms. The first-order valence-electron chi connectivity index (χ1n) is 9.54. The lowest BCUT2D eigenvalue weighted by Gasteiger charge is -2.27. The molecule has 2 aliphatic rings. The molecule has 5 nitrogen and oxygen atoms in total. The Hall–Kier alpha value is -2.04. The van der Waals surface area contributed by atoms with Gasteiger partial charge in [-0.25, -0.2) is 0 Å². The van der Waals surface area contributed by atoms with Gasteiger partial charge < -0.3 is 15.1 Å². The average Bonchev–Trinajstić information content (AvgIpc) is 3.33. The predicted molar refractivity (Wildman–Crippen MR) is 99.5 cm³/mol. The molecular weight excluding hydrogens is 314 g/mol. The number of likely N-dealkylation sites (tertiary alicyclic amines) is 2. The van der Waals surface area contributed by atoms with Crippen molar-refractivity contribution in [2.45, 2.75) is 51.0 Å². The minimum Gasteiger partial charge on any atom is -0.388 e. The van der Waals surface area contributed by atoms with Gasteiger partial charge in [0.15, 0.2) is 0 Å². The third kappa shape index (κ3) is 4.33. The molecule has 0 aliphatic carbocycles. The van der Waals surface area contributed by atoms with Crippen LogP contribution in [0.3, 0.4) is 0 Å². The maximum Gasteiger partial charge on any atom is 0.245 e. The van der Waals surface area contributed by atoms with Gasteiger partial charge in [-0.1, -0.05) is 12.1 Å². The first-order valence-corrected chi connectivity index (χ1v) is 9.54. The molecule has 2 aliphatic heterocycles. The number of nitrogens with one attached hydrogen (secondary N) is 1. The Balaban J connectivity index is 1.48. The van der Waals surface area contributed by atoms with E-state index in [-0.39, 0.29) is 17.9 Å². The van der Waals surface area contributed by atoms with Gasteiger partial charge in [0.2, 0.25) is 11.8 Å². The minimum atomic E-state index is -0.208. The van der Waals surface area contributed by atoms with E-state index in [4.69, 9.17) is 0 Å². The van der Waals surface area contributed by atoms with E-state index < -0.39 is 0 Å². The third-order valence-electron chi connectivity index (χ3n) is 5.37. The van der Waals surface area contributed by atoms with Crippen LogP contribution in [0, 0.1) is 0 Å². The normalized spacial score (nSPS) is 20.1. The number of amides is 2. The number of carbonyl (C=O) groups is 2. The molecule has 0 aromatic heterocycles. The Bertz CT molecular complexity index is 593. The molecule has 2 amide bonds. The fourth-order valence-electron chi connectivity index (χ4n) is 3.90. The van der Waals surface area contributed by atoms with Crippen LogP contribution in [0.1, 0.15) is 44.1 Å². The van der Waals surface area contributed by atoms with Crippen molar-refractivity contribution >= 4 is 17.5 Å². The largest absolute Gasteiger partial charge is 0.388 e. The van der Waals surface area contributed by atoms with Crippen LogP contribution in [0.4, 0.5) is 5.69 Å². The molecule has 2 heterocycles. The van der Waals surface area contributed by atoms with Crippen molar-refractivity contribution in [3.63, 3.8) is 0 Å². The van der Waals surface area contributed by atoms with Crippen LogP contribution < -0.4 is 5.32 Å². The maximum atomic E-state index is 12.6. The van der Waals surface area contributed by atoms with Crippen LogP contribution in [0.25, 0.3) is 0 Å². The summed E-state index contributed by atoms with van der Waals surface area (Å²) < 4.78 is 0. The summed E-state index contributed by atoms with van der Waals surface area (Å²) in [4.78, 5) is 29.0. The van der Waals surface area contributed by atoms with E-state index >= 15 is 0 Å². The smallest absolute Gasteiger partial charge is 0.245 e. The number of rotatable bonds is 6. The zero-order chi connectivity index (χ0) is 17.6. The molecule has 5 heteroatoms. The van der Waals surface area contributed by atoms with Gasteiger partial charge in [0.1, 0.15) is 6.04 Å². The highest BCUT2D eigenvalue weighted by Crippen LogP contribution is 2.23. The van der Waals surface area contributed by atoms with Gasteiger partial charge >= 0.3 is 0 Å². The van der Waals surface area contributed by atoms with Crippen molar-refractivity contribution in [2.24, 2.45) is 0 Å². The summed E-state index contributed by atoms with van der Waals surface area (Å²) >= 11 is 0. The monoisotopic (exact) mass is 343 g/mol. The zero-order valence-electron chi connectivity index (χ0n) is 15.2. The van der Waals surface area contributed by atoms with E-state index in [0.29, 0.717) is 6.42 Å². The second kappa shape index (κ2) is 8.37. The van der Waals surface area contributed by atoms with Gasteiger partial charge in [-0.2, -0.15) is 0 Å². The Morgan fingerprint density at radius 2 is 1.80 bits per heavy atom. The molecule has 1 atom stereocenters. The number of hydrogen-bond donors (Lipinski definition) is 1. The van der Waals surface area contributed by atoms with Crippen molar-refractivity contribution in [1.82, 2.24) is 9.80 Å². The molecule has 0 bridgehead atoms. The Kier molecular flexibility index (Phi) is 5.95. The molecule has 1 aromatic rings. The summed E-state index contributed by atoms with van der Waals surface area (Å²) in [5.74, 6) is 0.313. The summed E-state index contributed by atoms with van der Waals surface area (Å²) in [7, 11) is 1.91. The lowest BCUT2D eigenvalue weighted by Crippen LogP contribution is -2.46. The van der Waals surface area contributed by atoms with Crippen LogP contribution >= 0.6 is 0 Å². The van der Waals surface area contributed by atoms with E-state index in [0.717, 1.165) is 63.8 Å². The second-order valence-electron chi connectivity index (χ2n) is 7.08.